The second-order valence-electron chi connectivity index (χ2n) is 6.41. The predicted molar refractivity (Wildman–Crippen MR) is 121 cm³/mol. The Bertz CT molecular complexity index is 525. The van der Waals surface area contributed by atoms with Crippen molar-refractivity contribution in [2.24, 2.45) is 10.9 Å². The molecule has 2 rings (SSSR count). The van der Waals surface area contributed by atoms with Crippen molar-refractivity contribution in [1.82, 2.24) is 15.6 Å². The highest BCUT2D eigenvalue weighted by Crippen LogP contribution is 2.14. The SMILES string of the molecule is CCNC(=NCCCOCC1CCOCC1)NCCc1ccc(Cl)nc1.I. The smallest absolute Gasteiger partial charge is 0.191 e. The van der Waals surface area contributed by atoms with Gasteiger partial charge in [-0.2, -0.15) is 0 Å². The van der Waals surface area contributed by atoms with E-state index in [4.69, 9.17) is 21.1 Å². The van der Waals surface area contributed by atoms with Gasteiger partial charge in [-0.15, -0.1) is 24.0 Å². The third-order valence-corrected chi connectivity index (χ3v) is 4.47. The Labute approximate surface area is 184 Å². The standard InChI is InChI=1S/C19H31ClN4O2.HI/c1-2-21-19(23-10-6-16-4-5-18(20)24-14-16)22-9-3-11-26-15-17-7-12-25-13-8-17;/h4-5,14,17H,2-3,6-13,15H2,1H3,(H2,21,22,23);1H. The van der Waals surface area contributed by atoms with E-state index in [1.165, 1.54) is 0 Å². The normalized spacial score (nSPS) is 15.3. The molecule has 0 spiro atoms. The molecule has 27 heavy (non-hydrogen) atoms. The number of halogens is 2. The van der Waals surface area contributed by atoms with E-state index < -0.39 is 0 Å². The van der Waals surface area contributed by atoms with Crippen molar-refractivity contribution in [3.63, 3.8) is 0 Å². The molecule has 6 nitrogen and oxygen atoms in total. The first kappa shape index (κ1) is 24.4. The molecule has 1 saturated heterocycles. The molecule has 154 valence electrons. The van der Waals surface area contributed by atoms with Gasteiger partial charge in [0.1, 0.15) is 5.15 Å². The number of pyridine rings is 1. The van der Waals surface area contributed by atoms with E-state index in [1.54, 1.807) is 0 Å². The average molecular weight is 511 g/mol. The summed E-state index contributed by atoms with van der Waals surface area (Å²) < 4.78 is 11.1. The van der Waals surface area contributed by atoms with E-state index in [0.717, 1.165) is 83.3 Å². The molecule has 1 aliphatic heterocycles. The number of nitrogens with one attached hydrogen (secondary N) is 2. The lowest BCUT2D eigenvalue weighted by molar-refractivity contribution is 0.0205. The molecule has 1 fully saturated rings. The summed E-state index contributed by atoms with van der Waals surface area (Å²) in [6, 6.07) is 3.81. The number of aromatic nitrogens is 1. The largest absolute Gasteiger partial charge is 0.381 e. The first-order chi connectivity index (χ1) is 12.8. The molecule has 0 unspecified atom stereocenters. The number of ether oxygens (including phenoxy) is 2. The summed E-state index contributed by atoms with van der Waals surface area (Å²) in [4.78, 5) is 8.70. The van der Waals surface area contributed by atoms with Crippen LogP contribution in [-0.4, -0.2) is 57.0 Å². The minimum Gasteiger partial charge on any atom is -0.381 e. The Morgan fingerprint density at radius 2 is 2.15 bits per heavy atom. The van der Waals surface area contributed by atoms with E-state index in [9.17, 15) is 0 Å². The summed E-state index contributed by atoms with van der Waals surface area (Å²) in [7, 11) is 0. The first-order valence-electron chi connectivity index (χ1n) is 9.56. The summed E-state index contributed by atoms with van der Waals surface area (Å²) in [5.74, 6) is 1.51. The van der Waals surface area contributed by atoms with Crippen LogP contribution in [0, 0.1) is 5.92 Å². The lowest BCUT2D eigenvalue weighted by Gasteiger charge is -2.21. The van der Waals surface area contributed by atoms with Crippen LogP contribution in [-0.2, 0) is 15.9 Å². The molecular weight excluding hydrogens is 479 g/mol. The van der Waals surface area contributed by atoms with Gasteiger partial charge in [-0.3, -0.25) is 4.99 Å². The maximum absolute atomic E-state index is 5.80. The minimum atomic E-state index is 0. The Morgan fingerprint density at radius 1 is 1.33 bits per heavy atom. The molecule has 0 radical (unpaired) electrons. The van der Waals surface area contributed by atoms with Gasteiger partial charge < -0.3 is 20.1 Å². The van der Waals surface area contributed by atoms with Crippen molar-refractivity contribution >= 4 is 41.5 Å². The fraction of sp³-hybridized carbons (Fsp3) is 0.684. The fourth-order valence-electron chi connectivity index (χ4n) is 2.74. The van der Waals surface area contributed by atoms with E-state index in [1.807, 2.05) is 18.3 Å². The Balaban J connectivity index is 0.00000364. The van der Waals surface area contributed by atoms with Gasteiger partial charge in [-0.1, -0.05) is 17.7 Å². The molecule has 2 N–H and O–H groups in total. The topological polar surface area (TPSA) is 67.8 Å². The highest BCUT2D eigenvalue weighted by atomic mass is 127. The molecule has 0 bridgehead atoms. The number of guanidine groups is 1. The maximum atomic E-state index is 5.80. The van der Waals surface area contributed by atoms with Crippen LogP contribution in [0.2, 0.25) is 5.15 Å². The van der Waals surface area contributed by atoms with Crippen LogP contribution in [0.4, 0.5) is 0 Å². The molecule has 0 aromatic carbocycles. The molecular formula is C19H32ClIN4O2. The highest BCUT2D eigenvalue weighted by molar-refractivity contribution is 14.0. The van der Waals surface area contributed by atoms with Gasteiger partial charge in [-0.05, 0) is 50.2 Å². The highest BCUT2D eigenvalue weighted by Gasteiger charge is 2.13. The average Bonchev–Trinajstić information content (AvgIpc) is 2.67. The zero-order chi connectivity index (χ0) is 18.5. The third kappa shape index (κ3) is 11.1. The van der Waals surface area contributed by atoms with Gasteiger partial charge in [0, 0.05) is 52.3 Å². The molecule has 0 amide bonds. The number of rotatable bonds is 10. The van der Waals surface area contributed by atoms with Gasteiger partial charge in [0.15, 0.2) is 5.96 Å². The van der Waals surface area contributed by atoms with Crippen LogP contribution in [0.25, 0.3) is 0 Å². The van der Waals surface area contributed by atoms with Crippen molar-refractivity contribution < 1.29 is 9.47 Å². The number of aliphatic imine (C=N–C) groups is 1. The van der Waals surface area contributed by atoms with E-state index >= 15 is 0 Å². The lowest BCUT2D eigenvalue weighted by atomic mass is 10.0. The lowest BCUT2D eigenvalue weighted by Crippen LogP contribution is -2.38. The predicted octanol–water partition coefficient (Wildman–Crippen LogP) is 3.28. The van der Waals surface area contributed by atoms with Crippen LogP contribution >= 0.6 is 35.6 Å². The second-order valence-corrected chi connectivity index (χ2v) is 6.80. The van der Waals surface area contributed by atoms with Crippen LogP contribution in [0.15, 0.2) is 23.3 Å². The molecule has 0 aliphatic carbocycles. The molecule has 2 heterocycles. The van der Waals surface area contributed by atoms with Gasteiger partial charge in [0.05, 0.1) is 0 Å². The van der Waals surface area contributed by atoms with Crippen LogP contribution in [0.1, 0.15) is 31.7 Å². The van der Waals surface area contributed by atoms with E-state index in [0.29, 0.717) is 11.1 Å². The second kappa shape index (κ2) is 15.3. The zero-order valence-electron chi connectivity index (χ0n) is 16.1. The number of nitrogens with zero attached hydrogens (tertiary/aromatic N) is 2. The van der Waals surface area contributed by atoms with Gasteiger partial charge in [0.25, 0.3) is 0 Å². The molecule has 0 atom stereocenters. The number of hydrogen-bond donors (Lipinski definition) is 2. The number of hydrogen-bond acceptors (Lipinski definition) is 4. The monoisotopic (exact) mass is 510 g/mol. The molecule has 1 aromatic rings. The van der Waals surface area contributed by atoms with Crippen molar-refractivity contribution in [2.45, 2.75) is 32.6 Å². The summed E-state index contributed by atoms with van der Waals surface area (Å²) in [6.07, 6.45) is 5.86. The third-order valence-electron chi connectivity index (χ3n) is 4.25. The van der Waals surface area contributed by atoms with Gasteiger partial charge in [0.2, 0.25) is 0 Å². The van der Waals surface area contributed by atoms with Crippen molar-refractivity contribution in [3.8, 4) is 0 Å². The van der Waals surface area contributed by atoms with E-state index in [2.05, 4.69) is 27.5 Å². The summed E-state index contributed by atoms with van der Waals surface area (Å²) in [5.41, 5.74) is 1.15. The van der Waals surface area contributed by atoms with Crippen LogP contribution in [0.5, 0.6) is 0 Å². The molecule has 1 aliphatic rings. The quantitative estimate of drug-likeness (QED) is 0.166. The Morgan fingerprint density at radius 3 is 2.85 bits per heavy atom. The fourth-order valence-corrected chi connectivity index (χ4v) is 2.85. The van der Waals surface area contributed by atoms with Crippen molar-refractivity contribution in [2.75, 3.05) is 46.1 Å². The molecule has 8 heteroatoms. The summed E-state index contributed by atoms with van der Waals surface area (Å²) in [6.45, 7) is 7.83. The summed E-state index contributed by atoms with van der Waals surface area (Å²) >= 11 is 5.80. The van der Waals surface area contributed by atoms with Gasteiger partial charge in [-0.25, -0.2) is 4.98 Å². The zero-order valence-corrected chi connectivity index (χ0v) is 19.2. The van der Waals surface area contributed by atoms with Crippen molar-refractivity contribution in [3.05, 3.63) is 29.0 Å². The van der Waals surface area contributed by atoms with E-state index in [-0.39, 0.29) is 24.0 Å². The van der Waals surface area contributed by atoms with Crippen LogP contribution < -0.4 is 10.6 Å². The summed E-state index contributed by atoms with van der Waals surface area (Å²) in [5, 5.41) is 7.14. The van der Waals surface area contributed by atoms with Crippen LogP contribution in [0.3, 0.4) is 0 Å². The molecule has 0 saturated carbocycles. The minimum absolute atomic E-state index is 0. The van der Waals surface area contributed by atoms with Crippen molar-refractivity contribution in [1.29, 1.82) is 0 Å². The first-order valence-corrected chi connectivity index (χ1v) is 9.94. The molecule has 1 aromatic heterocycles. The maximum Gasteiger partial charge on any atom is 0.191 e. The van der Waals surface area contributed by atoms with Gasteiger partial charge >= 0.3 is 0 Å². The Kier molecular flexibility index (Phi) is 13.8. The Hall–Kier alpha value is -0.640.